The molecule has 0 radical (unpaired) electrons. The molecule has 3 aromatic rings. The van der Waals surface area contributed by atoms with Crippen LogP contribution >= 0.6 is 11.6 Å². The maximum atomic E-state index is 12.8. The minimum absolute atomic E-state index is 0.234. The van der Waals surface area contributed by atoms with Crippen LogP contribution in [-0.2, 0) is 10.0 Å². The van der Waals surface area contributed by atoms with Crippen LogP contribution in [-0.4, -0.2) is 29.4 Å². The van der Waals surface area contributed by atoms with Gasteiger partial charge in [-0.05, 0) is 31.0 Å². The summed E-state index contributed by atoms with van der Waals surface area (Å²) >= 11 is 5.97. The second kappa shape index (κ2) is 5.86. The molecule has 0 unspecified atom stereocenters. The highest BCUT2D eigenvalue weighted by molar-refractivity contribution is 7.93. The van der Waals surface area contributed by atoms with Gasteiger partial charge in [0.05, 0.1) is 10.3 Å². The van der Waals surface area contributed by atoms with Crippen LogP contribution in [0.3, 0.4) is 0 Å². The Kier molecular flexibility index (Phi) is 3.77. The van der Waals surface area contributed by atoms with E-state index in [-0.39, 0.29) is 11.0 Å². The molecule has 1 aliphatic rings. The van der Waals surface area contributed by atoms with Crippen LogP contribution in [0.4, 0.5) is 5.69 Å². The van der Waals surface area contributed by atoms with Gasteiger partial charge in [-0.25, -0.2) is 13.4 Å². The number of anilines is 1. The van der Waals surface area contributed by atoms with E-state index >= 15 is 0 Å². The van der Waals surface area contributed by atoms with Gasteiger partial charge in [0.2, 0.25) is 10.0 Å². The summed E-state index contributed by atoms with van der Waals surface area (Å²) in [5, 5.41) is 0.738. The summed E-state index contributed by atoms with van der Waals surface area (Å²) in [6.07, 6.45) is 4.44. The molecule has 1 fully saturated rings. The summed E-state index contributed by atoms with van der Waals surface area (Å²) < 4.78 is 26.7. The van der Waals surface area contributed by atoms with Crippen molar-refractivity contribution in [3.05, 3.63) is 58.9 Å². The van der Waals surface area contributed by atoms with Crippen LogP contribution < -0.4 is 4.72 Å². The maximum Gasteiger partial charge on any atom is 0.235 e. The molecule has 6 nitrogen and oxygen atoms in total. The Balaban J connectivity index is 1.68. The number of nitrogens with zero attached hydrogens (tertiary/aromatic N) is 1. The third-order valence-electron chi connectivity index (χ3n) is 4.09. The first-order valence-corrected chi connectivity index (χ1v) is 9.65. The molecule has 8 heteroatoms. The van der Waals surface area contributed by atoms with Crippen molar-refractivity contribution in [3.8, 4) is 0 Å². The van der Waals surface area contributed by atoms with Crippen molar-refractivity contribution in [2.75, 3.05) is 4.72 Å². The van der Waals surface area contributed by atoms with Gasteiger partial charge in [-0.2, -0.15) is 0 Å². The number of aromatic amines is 1. The van der Waals surface area contributed by atoms with Crippen LogP contribution in [0.5, 0.6) is 0 Å². The van der Waals surface area contributed by atoms with Crippen molar-refractivity contribution in [2.24, 2.45) is 0 Å². The Morgan fingerprint density at radius 3 is 2.84 bits per heavy atom. The number of aromatic nitrogens is 2. The van der Waals surface area contributed by atoms with E-state index in [1.54, 1.807) is 36.5 Å². The summed E-state index contributed by atoms with van der Waals surface area (Å²) in [5.41, 5.74) is 1.77. The predicted molar refractivity (Wildman–Crippen MR) is 96.5 cm³/mol. The lowest BCUT2D eigenvalue weighted by Crippen LogP contribution is -2.17. The number of hydrogen-bond donors (Lipinski definition) is 2. The van der Waals surface area contributed by atoms with E-state index in [9.17, 15) is 13.2 Å². The number of benzene rings is 1. The number of sulfonamides is 1. The first kappa shape index (κ1) is 16.1. The molecule has 1 aromatic carbocycles. The molecular weight excluding hydrogens is 362 g/mol. The van der Waals surface area contributed by atoms with E-state index in [0.29, 0.717) is 45.7 Å². The van der Waals surface area contributed by atoms with E-state index < -0.39 is 10.0 Å². The Hall–Kier alpha value is -2.38. The fourth-order valence-corrected chi connectivity index (χ4v) is 4.21. The highest BCUT2D eigenvalue weighted by Gasteiger charge is 2.35. The Morgan fingerprint density at radius 1 is 1.28 bits per heavy atom. The molecule has 1 saturated carbocycles. The van der Waals surface area contributed by atoms with Gasteiger partial charge in [0, 0.05) is 34.6 Å². The quantitative estimate of drug-likeness (QED) is 0.669. The highest BCUT2D eigenvalue weighted by atomic mass is 35.5. The molecule has 0 saturated heterocycles. The lowest BCUT2D eigenvalue weighted by atomic mass is 10.0. The molecule has 0 atom stereocenters. The number of carbonyl (C=O) groups is 1. The van der Waals surface area contributed by atoms with Crippen molar-refractivity contribution in [3.63, 3.8) is 0 Å². The average Bonchev–Trinajstić information content (AvgIpc) is 3.36. The van der Waals surface area contributed by atoms with E-state index in [0.717, 1.165) is 0 Å². The Labute approximate surface area is 149 Å². The van der Waals surface area contributed by atoms with Gasteiger partial charge >= 0.3 is 0 Å². The molecule has 0 spiro atoms. The number of rotatable bonds is 5. The summed E-state index contributed by atoms with van der Waals surface area (Å²) in [4.78, 5) is 19.9. The number of nitrogens with one attached hydrogen (secondary N) is 2. The molecule has 1 aliphatic carbocycles. The molecule has 25 heavy (non-hydrogen) atoms. The zero-order valence-electron chi connectivity index (χ0n) is 13.0. The van der Waals surface area contributed by atoms with Gasteiger partial charge in [-0.3, -0.25) is 9.52 Å². The van der Waals surface area contributed by atoms with Crippen molar-refractivity contribution in [1.82, 2.24) is 9.97 Å². The van der Waals surface area contributed by atoms with E-state index in [1.165, 1.54) is 6.20 Å². The molecule has 4 rings (SSSR count). The average molecular weight is 376 g/mol. The minimum Gasteiger partial charge on any atom is -0.345 e. The van der Waals surface area contributed by atoms with Crippen LogP contribution in [0.1, 0.15) is 28.8 Å². The topological polar surface area (TPSA) is 91.9 Å². The van der Waals surface area contributed by atoms with E-state index in [4.69, 9.17) is 11.6 Å². The minimum atomic E-state index is -3.37. The molecule has 2 N–H and O–H groups in total. The molecular formula is C17H14ClN3O3S. The van der Waals surface area contributed by atoms with Crippen molar-refractivity contribution >= 4 is 44.1 Å². The number of ketones is 1. The molecule has 2 aromatic heterocycles. The Morgan fingerprint density at radius 2 is 2.08 bits per heavy atom. The number of hydrogen-bond acceptors (Lipinski definition) is 4. The summed E-state index contributed by atoms with van der Waals surface area (Å²) in [5.74, 6) is -0.234. The molecule has 2 heterocycles. The van der Waals surface area contributed by atoms with Gasteiger partial charge in [-0.15, -0.1) is 0 Å². The van der Waals surface area contributed by atoms with Crippen LogP contribution in [0.2, 0.25) is 5.02 Å². The van der Waals surface area contributed by atoms with Gasteiger partial charge < -0.3 is 4.98 Å². The zero-order chi connectivity index (χ0) is 17.6. The van der Waals surface area contributed by atoms with Crippen molar-refractivity contribution < 1.29 is 13.2 Å². The zero-order valence-corrected chi connectivity index (χ0v) is 14.6. The van der Waals surface area contributed by atoms with E-state index in [2.05, 4.69) is 14.7 Å². The fourth-order valence-electron chi connectivity index (χ4n) is 2.67. The maximum absolute atomic E-state index is 12.8. The van der Waals surface area contributed by atoms with E-state index in [1.807, 2.05) is 0 Å². The monoisotopic (exact) mass is 375 g/mol. The van der Waals surface area contributed by atoms with Gasteiger partial charge in [0.1, 0.15) is 5.65 Å². The lowest BCUT2D eigenvalue weighted by Gasteiger charge is -2.08. The second-order valence-electron chi connectivity index (χ2n) is 6.01. The lowest BCUT2D eigenvalue weighted by molar-refractivity contribution is 0.104. The Bertz CT molecular complexity index is 1090. The van der Waals surface area contributed by atoms with Crippen LogP contribution in [0.15, 0.2) is 42.7 Å². The highest BCUT2D eigenvalue weighted by Crippen LogP contribution is 2.30. The van der Waals surface area contributed by atoms with Gasteiger partial charge in [0.15, 0.2) is 5.78 Å². The van der Waals surface area contributed by atoms with Crippen LogP contribution in [0.25, 0.3) is 11.0 Å². The third kappa shape index (κ3) is 3.12. The van der Waals surface area contributed by atoms with Gasteiger partial charge in [-0.1, -0.05) is 23.7 Å². The molecule has 0 bridgehead atoms. The largest absolute Gasteiger partial charge is 0.345 e. The molecule has 0 amide bonds. The number of pyridine rings is 1. The predicted octanol–water partition coefficient (Wildman–Crippen LogP) is 3.35. The fraction of sp³-hybridized carbons (Fsp3) is 0.176. The van der Waals surface area contributed by atoms with Crippen molar-refractivity contribution in [2.45, 2.75) is 18.1 Å². The summed E-state index contributed by atoms with van der Waals surface area (Å²) in [6, 6.07) is 8.14. The first-order chi connectivity index (χ1) is 11.9. The van der Waals surface area contributed by atoms with Gasteiger partial charge in [0.25, 0.3) is 0 Å². The number of halogens is 1. The smallest absolute Gasteiger partial charge is 0.235 e. The molecule has 128 valence electrons. The molecule has 0 aliphatic heterocycles. The van der Waals surface area contributed by atoms with Crippen molar-refractivity contribution in [1.29, 1.82) is 0 Å². The third-order valence-corrected chi connectivity index (χ3v) is 6.17. The SMILES string of the molecule is O=C(c1cccc(NS(=O)(=O)C2CC2)c1)c1c[nH]c2ncc(Cl)cc12. The number of carbonyl (C=O) groups excluding carboxylic acids is 1. The first-order valence-electron chi connectivity index (χ1n) is 7.73. The number of H-pyrrole nitrogens is 1. The normalized spacial score (nSPS) is 14.6. The summed E-state index contributed by atoms with van der Waals surface area (Å²) in [6.45, 7) is 0. The summed E-state index contributed by atoms with van der Waals surface area (Å²) in [7, 11) is -3.37. The second-order valence-corrected chi connectivity index (χ2v) is 8.41. The number of fused-ring (bicyclic) bond motifs is 1. The standard InChI is InChI=1S/C17H14ClN3O3S/c18-11-7-14-15(9-20-17(14)19-8-11)16(22)10-2-1-3-12(6-10)21-25(23,24)13-4-5-13/h1-3,6-9,13,21H,4-5H2,(H,19,20). The van der Waals surface area contributed by atoms with Crippen LogP contribution in [0, 0.1) is 0 Å².